The van der Waals surface area contributed by atoms with Crippen LogP contribution in [-0.4, -0.2) is 23.1 Å². The Bertz CT molecular complexity index is 425. The molecule has 0 saturated heterocycles. The van der Waals surface area contributed by atoms with Gasteiger partial charge in [-0.25, -0.2) is 0 Å². The van der Waals surface area contributed by atoms with Crippen LogP contribution in [0.3, 0.4) is 0 Å². The molecule has 1 aromatic rings. The normalized spacial score (nSPS) is 16.9. The van der Waals surface area contributed by atoms with E-state index in [1.165, 1.54) is 0 Å². The average molecular weight is 220 g/mol. The van der Waals surface area contributed by atoms with Gasteiger partial charge in [0.1, 0.15) is 5.75 Å². The van der Waals surface area contributed by atoms with Crippen molar-refractivity contribution in [2.24, 2.45) is 5.73 Å². The zero-order valence-electron chi connectivity index (χ0n) is 9.29. The van der Waals surface area contributed by atoms with Crippen LogP contribution in [0.5, 0.6) is 5.75 Å². The molecule has 0 aliphatic heterocycles. The Morgan fingerprint density at radius 1 is 1.56 bits per heavy atom. The Kier molecular flexibility index (Phi) is 2.59. The number of benzene rings is 1. The summed E-state index contributed by atoms with van der Waals surface area (Å²) in [7, 11) is 0. The van der Waals surface area contributed by atoms with E-state index in [9.17, 15) is 9.90 Å². The second kappa shape index (κ2) is 3.79. The van der Waals surface area contributed by atoms with E-state index in [2.05, 4.69) is 5.32 Å². The van der Waals surface area contributed by atoms with Gasteiger partial charge in [-0.05, 0) is 31.9 Å². The lowest BCUT2D eigenvalue weighted by Crippen LogP contribution is -2.42. The molecule has 0 bridgehead atoms. The molecular formula is C12H16N2O2. The number of carbonyl (C=O) groups excluding carboxylic acids is 1. The third-order valence-corrected chi connectivity index (χ3v) is 3.17. The van der Waals surface area contributed by atoms with Crippen LogP contribution in [0.1, 0.15) is 28.8 Å². The Hall–Kier alpha value is -1.55. The molecule has 4 nitrogen and oxygen atoms in total. The smallest absolute Gasteiger partial charge is 0.252 e. The van der Waals surface area contributed by atoms with Crippen LogP contribution >= 0.6 is 0 Å². The van der Waals surface area contributed by atoms with Crippen molar-refractivity contribution >= 4 is 5.91 Å². The van der Waals surface area contributed by atoms with Gasteiger partial charge < -0.3 is 16.2 Å². The van der Waals surface area contributed by atoms with Crippen molar-refractivity contribution in [1.29, 1.82) is 0 Å². The van der Waals surface area contributed by atoms with E-state index in [0.717, 1.165) is 12.8 Å². The molecule has 1 aliphatic carbocycles. The molecule has 4 N–H and O–H groups in total. The van der Waals surface area contributed by atoms with Gasteiger partial charge >= 0.3 is 0 Å². The van der Waals surface area contributed by atoms with Crippen molar-refractivity contribution in [2.75, 3.05) is 6.54 Å². The highest BCUT2D eigenvalue weighted by atomic mass is 16.3. The quantitative estimate of drug-likeness (QED) is 0.709. The van der Waals surface area contributed by atoms with Crippen molar-refractivity contribution in [3.63, 3.8) is 0 Å². The monoisotopic (exact) mass is 220 g/mol. The summed E-state index contributed by atoms with van der Waals surface area (Å²) >= 11 is 0. The minimum absolute atomic E-state index is 0.144. The van der Waals surface area contributed by atoms with Gasteiger partial charge in [0.25, 0.3) is 5.91 Å². The molecule has 4 heteroatoms. The molecule has 2 rings (SSSR count). The number of hydrogen-bond acceptors (Lipinski definition) is 3. The first kappa shape index (κ1) is 11.0. The summed E-state index contributed by atoms with van der Waals surface area (Å²) in [5, 5.41) is 12.4. The van der Waals surface area contributed by atoms with E-state index in [-0.39, 0.29) is 17.2 Å². The summed E-state index contributed by atoms with van der Waals surface area (Å²) in [6.45, 7) is 2.20. The number of nitrogens with two attached hydrogens (primary N) is 1. The highest BCUT2D eigenvalue weighted by Crippen LogP contribution is 2.34. The molecule has 0 heterocycles. The van der Waals surface area contributed by atoms with Crippen LogP contribution in [0.4, 0.5) is 0 Å². The summed E-state index contributed by atoms with van der Waals surface area (Å²) in [5.41, 5.74) is 6.52. The SMILES string of the molecule is Cc1c(O)cccc1C(=O)NC1(CN)CC1. The fourth-order valence-electron chi connectivity index (χ4n) is 1.71. The summed E-state index contributed by atoms with van der Waals surface area (Å²) in [4.78, 5) is 12.0. The molecule has 0 radical (unpaired) electrons. The molecule has 1 amide bonds. The van der Waals surface area contributed by atoms with Crippen LogP contribution in [0.15, 0.2) is 18.2 Å². The maximum atomic E-state index is 12.0. The van der Waals surface area contributed by atoms with Crippen LogP contribution in [-0.2, 0) is 0 Å². The highest BCUT2D eigenvalue weighted by molar-refractivity contribution is 5.96. The molecule has 16 heavy (non-hydrogen) atoms. The van der Waals surface area contributed by atoms with Gasteiger partial charge in [0.2, 0.25) is 0 Å². The predicted molar refractivity (Wildman–Crippen MR) is 61.3 cm³/mol. The minimum atomic E-state index is -0.199. The highest BCUT2D eigenvalue weighted by Gasteiger charge is 2.42. The molecule has 0 unspecified atom stereocenters. The summed E-state index contributed by atoms with van der Waals surface area (Å²) < 4.78 is 0. The predicted octanol–water partition coefficient (Wildman–Crippen LogP) is 0.922. The molecule has 0 aromatic heterocycles. The van der Waals surface area contributed by atoms with E-state index in [1.807, 2.05) is 0 Å². The molecule has 1 saturated carbocycles. The average Bonchev–Trinajstić information content (AvgIpc) is 3.02. The Morgan fingerprint density at radius 2 is 2.25 bits per heavy atom. The maximum Gasteiger partial charge on any atom is 0.252 e. The molecule has 0 atom stereocenters. The van der Waals surface area contributed by atoms with Crippen molar-refractivity contribution in [3.05, 3.63) is 29.3 Å². The number of amides is 1. The largest absolute Gasteiger partial charge is 0.508 e. The van der Waals surface area contributed by atoms with Gasteiger partial charge in [0.15, 0.2) is 0 Å². The molecule has 86 valence electrons. The standard InChI is InChI=1S/C12H16N2O2/c1-8-9(3-2-4-10(8)15)11(16)14-12(7-13)5-6-12/h2-4,15H,5-7,13H2,1H3,(H,14,16). The molecule has 1 fully saturated rings. The second-order valence-electron chi connectivity index (χ2n) is 4.39. The Labute approximate surface area is 94.5 Å². The van der Waals surface area contributed by atoms with Crippen molar-refractivity contribution in [2.45, 2.75) is 25.3 Å². The van der Waals surface area contributed by atoms with Gasteiger partial charge in [-0.3, -0.25) is 4.79 Å². The van der Waals surface area contributed by atoms with Gasteiger partial charge in [-0.1, -0.05) is 6.07 Å². The van der Waals surface area contributed by atoms with E-state index in [4.69, 9.17) is 5.73 Å². The topological polar surface area (TPSA) is 75.3 Å². The van der Waals surface area contributed by atoms with Crippen molar-refractivity contribution < 1.29 is 9.90 Å². The van der Waals surface area contributed by atoms with Crippen molar-refractivity contribution in [1.82, 2.24) is 5.32 Å². The summed E-state index contributed by atoms with van der Waals surface area (Å²) in [6.07, 6.45) is 1.88. The first-order valence-corrected chi connectivity index (χ1v) is 5.39. The van der Waals surface area contributed by atoms with Crippen molar-refractivity contribution in [3.8, 4) is 5.75 Å². The number of rotatable bonds is 3. The third kappa shape index (κ3) is 1.88. The number of aromatic hydroxyl groups is 1. The molecule has 0 spiro atoms. The van der Waals surface area contributed by atoms with Gasteiger partial charge in [-0.2, -0.15) is 0 Å². The van der Waals surface area contributed by atoms with Crippen LogP contribution in [0.25, 0.3) is 0 Å². The fourth-order valence-corrected chi connectivity index (χ4v) is 1.71. The number of hydrogen-bond donors (Lipinski definition) is 3. The maximum absolute atomic E-state index is 12.0. The second-order valence-corrected chi connectivity index (χ2v) is 4.39. The van der Waals surface area contributed by atoms with Crippen LogP contribution in [0, 0.1) is 6.92 Å². The minimum Gasteiger partial charge on any atom is -0.508 e. The first-order valence-electron chi connectivity index (χ1n) is 5.39. The van der Waals surface area contributed by atoms with E-state index in [0.29, 0.717) is 17.7 Å². The lowest BCUT2D eigenvalue weighted by atomic mass is 10.1. The van der Waals surface area contributed by atoms with E-state index < -0.39 is 0 Å². The first-order chi connectivity index (χ1) is 7.58. The molecular weight excluding hydrogens is 204 g/mol. The Balaban J connectivity index is 2.18. The number of phenolic OH excluding ortho intramolecular Hbond substituents is 1. The number of phenols is 1. The third-order valence-electron chi connectivity index (χ3n) is 3.17. The summed E-state index contributed by atoms with van der Waals surface area (Å²) in [5.74, 6) is -0.0124. The zero-order valence-corrected chi connectivity index (χ0v) is 9.29. The lowest BCUT2D eigenvalue weighted by Gasteiger charge is -2.16. The van der Waals surface area contributed by atoms with Crippen LogP contribution in [0.2, 0.25) is 0 Å². The van der Waals surface area contributed by atoms with E-state index in [1.54, 1.807) is 25.1 Å². The van der Waals surface area contributed by atoms with E-state index >= 15 is 0 Å². The molecule has 1 aromatic carbocycles. The van der Waals surface area contributed by atoms with Gasteiger partial charge in [-0.15, -0.1) is 0 Å². The van der Waals surface area contributed by atoms with Crippen LogP contribution < -0.4 is 11.1 Å². The fraction of sp³-hybridized carbons (Fsp3) is 0.417. The zero-order chi connectivity index (χ0) is 11.8. The number of nitrogens with one attached hydrogen (secondary N) is 1. The summed E-state index contributed by atoms with van der Waals surface area (Å²) in [6, 6.07) is 4.94. The van der Waals surface area contributed by atoms with Gasteiger partial charge in [0.05, 0.1) is 5.54 Å². The lowest BCUT2D eigenvalue weighted by molar-refractivity contribution is 0.0932. The molecule has 1 aliphatic rings. The Morgan fingerprint density at radius 3 is 2.81 bits per heavy atom. The number of carbonyl (C=O) groups is 1. The van der Waals surface area contributed by atoms with Gasteiger partial charge in [0, 0.05) is 17.7 Å².